The fraction of sp³-hybridized carbons (Fsp3) is 0.185. The van der Waals surface area contributed by atoms with E-state index in [4.69, 9.17) is 43.0 Å². The van der Waals surface area contributed by atoms with Gasteiger partial charge in [-0.05, 0) is 48.5 Å². The number of hydrogen-bond donors (Lipinski definition) is 4. The molecule has 4 rings (SSSR count). The Morgan fingerprint density at radius 2 is 1.95 bits per heavy atom. The zero-order chi connectivity index (χ0) is 27.2. The van der Waals surface area contributed by atoms with E-state index in [0.717, 1.165) is 5.39 Å². The summed E-state index contributed by atoms with van der Waals surface area (Å²) in [5.74, 6) is -0.789. The molecule has 0 aliphatic rings. The molecule has 0 unspecified atom stereocenters. The van der Waals surface area contributed by atoms with Gasteiger partial charge in [0.15, 0.2) is 11.6 Å². The number of amides is 1. The summed E-state index contributed by atoms with van der Waals surface area (Å²) in [6.07, 6.45) is -0.564. The summed E-state index contributed by atoms with van der Waals surface area (Å²) in [5, 5.41) is 31.1. The molecule has 4 aromatic rings. The number of ether oxygens (including phenoxy) is 2. The number of hydrogen-bond acceptors (Lipinski definition) is 6. The summed E-state index contributed by atoms with van der Waals surface area (Å²) in [5.41, 5.74) is 1.34. The Hall–Kier alpha value is -3.81. The summed E-state index contributed by atoms with van der Waals surface area (Å²) < 4.78 is 26.4. The molecule has 38 heavy (non-hydrogen) atoms. The number of nitriles is 1. The lowest BCUT2D eigenvalue weighted by Crippen LogP contribution is -2.23. The fourth-order valence-electron chi connectivity index (χ4n) is 3.61. The van der Waals surface area contributed by atoms with Gasteiger partial charge in [0.05, 0.1) is 36.0 Å². The minimum Gasteiger partial charge on any atom is -0.493 e. The van der Waals surface area contributed by atoms with E-state index < -0.39 is 17.8 Å². The average molecular weight is 558 g/mol. The normalized spacial score (nSPS) is 11.7. The van der Waals surface area contributed by atoms with E-state index in [9.17, 15) is 9.90 Å². The molecule has 0 spiro atoms. The van der Waals surface area contributed by atoms with Crippen molar-refractivity contribution in [3.63, 3.8) is 0 Å². The van der Waals surface area contributed by atoms with Crippen LogP contribution in [0.25, 0.3) is 10.9 Å². The SMILES string of the molecule is N#Cc1cc(Cl)cc(Oc2c(Cl)ccc(CNC(=O)c3cc4cc(OCC[C@H](O)CO)ccc4[nH]3)c2F)c1. The third kappa shape index (κ3) is 6.54. The first-order chi connectivity index (χ1) is 18.3. The topological polar surface area (TPSA) is 128 Å². The molecule has 4 N–H and O–H groups in total. The van der Waals surface area contributed by atoms with Crippen LogP contribution in [0.4, 0.5) is 4.39 Å². The number of rotatable bonds is 10. The Labute approximate surface area is 227 Å². The number of nitrogens with one attached hydrogen (secondary N) is 2. The van der Waals surface area contributed by atoms with Gasteiger partial charge in [0.2, 0.25) is 0 Å². The lowest BCUT2D eigenvalue weighted by molar-refractivity contribution is 0.0754. The largest absolute Gasteiger partial charge is 0.493 e. The molecule has 11 heteroatoms. The van der Waals surface area contributed by atoms with Crippen LogP contribution in [0.3, 0.4) is 0 Å². The first-order valence-electron chi connectivity index (χ1n) is 11.5. The highest BCUT2D eigenvalue weighted by Crippen LogP contribution is 2.35. The number of aromatic nitrogens is 1. The maximum atomic E-state index is 15.2. The Kier molecular flexibility index (Phi) is 8.71. The van der Waals surface area contributed by atoms with Crippen molar-refractivity contribution in [2.75, 3.05) is 13.2 Å². The lowest BCUT2D eigenvalue weighted by atomic mass is 10.2. The van der Waals surface area contributed by atoms with E-state index in [1.54, 1.807) is 24.3 Å². The second-order valence-corrected chi connectivity index (χ2v) is 9.17. The van der Waals surface area contributed by atoms with E-state index in [0.29, 0.717) is 11.3 Å². The van der Waals surface area contributed by atoms with Gasteiger partial charge in [0.1, 0.15) is 17.2 Å². The van der Waals surface area contributed by atoms with Gasteiger partial charge in [0, 0.05) is 34.5 Å². The average Bonchev–Trinajstić information content (AvgIpc) is 3.33. The minimum atomic E-state index is -0.845. The molecule has 0 bridgehead atoms. The zero-order valence-electron chi connectivity index (χ0n) is 19.8. The van der Waals surface area contributed by atoms with Crippen molar-refractivity contribution < 1.29 is 28.9 Å². The molecule has 0 aliphatic carbocycles. The molecule has 8 nitrogen and oxygen atoms in total. The number of fused-ring (bicyclic) bond motifs is 1. The quantitative estimate of drug-likeness (QED) is 0.208. The molecule has 0 saturated carbocycles. The molecule has 1 atom stereocenters. The monoisotopic (exact) mass is 557 g/mol. The van der Waals surface area contributed by atoms with Crippen molar-refractivity contribution in [3.8, 4) is 23.3 Å². The third-order valence-corrected chi connectivity index (χ3v) is 6.07. The Morgan fingerprint density at radius 1 is 1.13 bits per heavy atom. The number of nitrogens with zero attached hydrogens (tertiary/aromatic N) is 1. The second kappa shape index (κ2) is 12.2. The van der Waals surface area contributed by atoms with Crippen molar-refractivity contribution in [2.45, 2.75) is 19.1 Å². The van der Waals surface area contributed by atoms with Crippen LogP contribution in [-0.4, -0.2) is 40.4 Å². The minimum absolute atomic E-state index is 0.00979. The smallest absolute Gasteiger partial charge is 0.267 e. The molecule has 0 fully saturated rings. The summed E-state index contributed by atoms with van der Waals surface area (Å²) >= 11 is 12.1. The number of aliphatic hydroxyl groups is 2. The lowest BCUT2D eigenvalue weighted by Gasteiger charge is -2.13. The van der Waals surface area contributed by atoms with Gasteiger partial charge < -0.3 is 30.0 Å². The van der Waals surface area contributed by atoms with Crippen molar-refractivity contribution in [2.24, 2.45) is 0 Å². The first kappa shape index (κ1) is 27.2. The van der Waals surface area contributed by atoms with Gasteiger partial charge in [-0.1, -0.05) is 29.3 Å². The molecule has 1 amide bonds. The predicted octanol–water partition coefficient (Wildman–Crippen LogP) is 5.33. The number of carbonyl (C=O) groups excluding carboxylic acids is 1. The van der Waals surface area contributed by atoms with Crippen LogP contribution in [-0.2, 0) is 6.54 Å². The first-order valence-corrected chi connectivity index (χ1v) is 12.2. The maximum Gasteiger partial charge on any atom is 0.267 e. The number of carbonyl (C=O) groups is 1. The van der Waals surface area contributed by atoms with Gasteiger partial charge in [-0.25, -0.2) is 4.39 Å². The van der Waals surface area contributed by atoms with E-state index in [1.807, 2.05) is 6.07 Å². The van der Waals surface area contributed by atoms with Crippen LogP contribution in [0.15, 0.2) is 54.6 Å². The van der Waals surface area contributed by atoms with E-state index in [1.165, 1.54) is 30.3 Å². The number of H-pyrrole nitrogens is 1. The van der Waals surface area contributed by atoms with Crippen LogP contribution >= 0.6 is 23.2 Å². The summed E-state index contributed by atoms with van der Waals surface area (Å²) in [6, 6.07) is 15.9. The van der Waals surface area contributed by atoms with Gasteiger partial charge in [-0.15, -0.1) is 0 Å². The van der Waals surface area contributed by atoms with Crippen LogP contribution in [0.5, 0.6) is 17.2 Å². The molecule has 0 saturated heterocycles. The Balaban J connectivity index is 1.44. The number of halogens is 3. The Bertz CT molecular complexity index is 1520. The van der Waals surface area contributed by atoms with Crippen molar-refractivity contribution in [3.05, 3.63) is 87.3 Å². The van der Waals surface area contributed by atoms with Gasteiger partial charge in [0.25, 0.3) is 5.91 Å². The van der Waals surface area contributed by atoms with Gasteiger partial charge in [-0.3, -0.25) is 4.79 Å². The molecule has 3 aromatic carbocycles. The predicted molar refractivity (Wildman–Crippen MR) is 140 cm³/mol. The molecule has 196 valence electrons. The number of aromatic amines is 1. The maximum absolute atomic E-state index is 15.2. The summed E-state index contributed by atoms with van der Waals surface area (Å²) in [4.78, 5) is 15.8. The molecular formula is C27H22Cl2FN3O5. The second-order valence-electron chi connectivity index (χ2n) is 8.33. The Morgan fingerprint density at radius 3 is 2.71 bits per heavy atom. The van der Waals surface area contributed by atoms with Gasteiger partial charge >= 0.3 is 0 Å². The van der Waals surface area contributed by atoms with Crippen LogP contribution in [0.2, 0.25) is 10.0 Å². The van der Waals surface area contributed by atoms with Crippen LogP contribution in [0, 0.1) is 17.1 Å². The zero-order valence-corrected chi connectivity index (χ0v) is 21.3. The molecule has 1 heterocycles. The summed E-state index contributed by atoms with van der Waals surface area (Å²) in [6.45, 7) is -0.258. The van der Waals surface area contributed by atoms with E-state index >= 15 is 4.39 Å². The molecule has 0 aliphatic heterocycles. The van der Waals surface area contributed by atoms with Gasteiger partial charge in [-0.2, -0.15) is 5.26 Å². The molecular weight excluding hydrogens is 536 g/mol. The number of aliphatic hydroxyl groups excluding tert-OH is 2. The third-order valence-electron chi connectivity index (χ3n) is 5.56. The highest BCUT2D eigenvalue weighted by molar-refractivity contribution is 6.32. The standard InChI is InChI=1S/C27H22Cl2FN3O5/c28-18-7-15(12-31)8-21(11-18)38-26-22(29)3-1-16(25(26)30)13-32-27(36)24-10-17-9-20(2-4-23(17)33-24)37-6-5-19(35)14-34/h1-4,7-11,19,33-35H,5-6,13-14H2,(H,32,36)/t19-/m0/s1. The van der Waals surface area contributed by atoms with Crippen molar-refractivity contribution >= 4 is 40.0 Å². The van der Waals surface area contributed by atoms with Crippen LogP contribution in [0.1, 0.15) is 28.0 Å². The van der Waals surface area contributed by atoms with E-state index in [-0.39, 0.29) is 64.5 Å². The van der Waals surface area contributed by atoms with Crippen LogP contribution < -0.4 is 14.8 Å². The molecule has 0 radical (unpaired) electrons. The highest BCUT2D eigenvalue weighted by Gasteiger charge is 2.17. The summed E-state index contributed by atoms with van der Waals surface area (Å²) in [7, 11) is 0. The highest BCUT2D eigenvalue weighted by atomic mass is 35.5. The molecule has 1 aromatic heterocycles. The van der Waals surface area contributed by atoms with Crippen molar-refractivity contribution in [1.29, 1.82) is 5.26 Å². The van der Waals surface area contributed by atoms with Crippen molar-refractivity contribution in [1.82, 2.24) is 10.3 Å². The fourth-order valence-corrected chi connectivity index (χ4v) is 4.01. The van der Waals surface area contributed by atoms with E-state index in [2.05, 4.69) is 10.3 Å². The number of benzene rings is 3.